The normalized spacial score (nSPS) is 30.2. The van der Waals surface area contributed by atoms with Gasteiger partial charge in [0, 0.05) is 6.20 Å². The van der Waals surface area contributed by atoms with E-state index in [-0.39, 0.29) is 11.5 Å². The monoisotopic (exact) mass is 484 g/mol. The Bertz CT molecular complexity index is 986. The third-order valence-corrected chi connectivity index (χ3v) is 6.99. The van der Waals surface area contributed by atoms with E-state index < -0.39 is 62.6 Å². The number of para-hydroxylation sites is 1. The molecule has 1 aromatic rings. The lowest BCUT2D eigenvalue weighted by Gasteiger charge is -2.32. The summed E-state index contributed by atoms with van der Waals surface area (Å²) in [5.41, 5.74) is -2.42. The van der Waals surface area contributed by atoms with Gasteiger partial charge in [-0.05, 0) is 39.0 Å². The number of Topliss-reactive ketones (excluding diaryl/α,β-unsaturated/α-hetero) is 1. The van der Waals surface area contributed by atoms with Gasteiger partial charge in [0.15, 0.2) is 17.7 Å². The molecule has 33 heavy (non-hydrogen) atoms. The number of amides is 1. The van der Waals surface area contributed by atoms with Crippen LogP contribution in [0.5, 0.6) is 5.75 Å². The zero-order valence-electron chi connectivity index (χ0n) is 18.3. The van der Waals surface area contributed by atoms with Crippen molar-refractivity contribution in [1.82, 2.24) is 9.99 Å². The number of carbonyl (C=O) groups excluding carboxylic acids is 3. The number of benzene rings is 1. The molecule has 1 fully saturated rings. The Balaban J connectivity index is 1.76. The van der Waals surface area contributed by atoms with Crippen LogP contribution in [0, 0.1) is 0 Å². The SMILES string of the molecule is CC(=O)[C@H](C)NP(=O)(OC[C@H]1O[C@@H](N2C=CC(=O)CC2=O)[C@](C)(F)[C@@H]1O)Oc1ccccc1. The van der Waals surface area contributed by atoms with Gasteiger partial charge in [0.2, 0.25) is 5.91 Å². The standard InChI is InChI=1S/C21H26FN2O8P/c1-13(14(2)25)23-33(29,32-16-7-5-4-6-8-16)30-12-17-19(28)21(3,22)20(31-17)24-10-9-15(26)11-18(24)27/h4-10,13,17,19-20,28H,11-12H2,1-3H3,(H,23,29)/t13-,17+,19+,20+,21+,33?/m0/s1. The molecule has 2 N–H and O–H groups in total. The van der Waals surface area contributed by atoms with Crippen molar-refractivity contribution in [2.75, 3.05) is 6.61 Å². The van der Waals surface area contributed by atoms with Crippen molar-refractivity contribution in [2.45, 2.75) is 57.3 Å². The lowest BCUT2D eigenvalue weighted by Crippen LogP contribution is -2.51. The molecule has 1 amide bonds. The summed E-state index contributed by atoms with van der Waals surface area (Å²) >= 11 is 0. The number of nitrogens with zero attached hydrogens (tertiary/aromatic N) is 1. The number of ketones is 2. The van der Waals surface area contributed by atoms with Crippen LogP contribution >= 0.6 is 7.75 Å². The number of hydrogen-bond donors (Lipinski definition) is 2. The molecule has 0 bridgehead atoms. The van der Waals surface area contributed by atoms with E-state index in [0.29, 0.717) is 0 Å². The third kappa shape index (κ3) is 5.74. The third-order valence-electron chi connectivity index (χ3n) is 5.34. The summed E-state index contributed by atoms with van der Waals surface area (Å²) in [7, 11) is -4.17. The van der Waals surface area contributed by atoms with E-state index in [2.05, 4.69) is 5.09 Å². The van der Waals surface area contributed by atoms with Gasteiger partial charge in [0.05, 0.1) is 19.1 Å². The predicted octanol–water partition coefficient (Wildman–Crippen LogP) is 1.89. The predicted molar refractivity (Wildman–Crippen MR) is 114 cm³/mol. The van der Waals surface area contributed by atoms with E-state index in [1.807, 2.05) is 0 Å². The van der Waals surface area contributed by atoms with E-state index >= 15 is 4.39 Å². The highest BCUT2D eigenvalue weighted by molar-refractivity contribution is 7.52. The number of allylic oxidation sites excluding steroid dienone is 1. The molecule has 0 saturated carbocycles. The molecule has 2 heterocycles. The topological polar surface area (TPSA) is 131 Å². The van der Waals surface area contributed by atoms with Gasteiger partial charge in [-0.3, -0.25) is 23.8 Å². The van der Waals surface area contributed by atoms with Crippen molar-refractivity contribution < 1.29 is 42.2 Å². The molecule has 0 spiro atoms. The Morgan fingerprint density at radius 3 is 2.67 bits per heavy atom. The average Bonchev–Trinajstić information content (AvgIpc) is 2.96. The Morgan fingerprint density at radius 2 is 2.06 bits per heavy atom. The lowest BCUT2D eigenvalue weighted by atomic mass is 9.97. The summed E-state index contributed by atoms with van der Waals surface area (Å²) < 4.78 is 45.1. The molecular formula is C21H26FN2O8P. The van der Waals surface area contributed by atoms with E-state index in [9.17, 15) is 24.1 Å². The maximum atomic E-state index is 15.4. The fourth-order valence-corrected chi connectivity index (χ4v) is 4.89. The lowest BCUT2D eigenvalue weighted by molar-refractivity contribution is -0.150. The Morgan fingerprint density at radius 1 is 1.39 bits per heavy atom. The minimum Gasteiger partial charge on any atom is -0.413 e. The molecule has 1 aromatic carbocycles. The highest BCUT2D eigenvalue weighted by atomic mass is 31.2. The van der Waals surface area contributed by atoms with Gasteiger partial charge < -0.3 is 14.4 Å². The molecule has 0 aromatic heterocycles. The van der Waals surface area contributed by atoms with Crippen molar-refractivity contribution >= 4 is 25.2 Å². The Hall–Kier alpha value is -2.43. The number of carbonyl (C=O) groups is 3. The van der Waals surface area contributed by atoms with Crippen LogP contribution in [0.15, 0.2) is 42.6 Å². The van der Waals surface area contributed by atoms with Crippen molar-refractivity contribution in [3.8, 4) is 5.75 Å². The Kier molecular flexibility index (Phi) is 7.50. The number of aliphatic hydroxyl groups excluding tert-OH is 1. The molecule has 2 aliphatic rings. The molecule has 10 nitrogen and oxygen atoms in total. The molecule has 180 valence electrons. The van der Waals surface area contributed by atoms with Gasteiger partial charge in [-0.2, -0.15) is 0 Å². The molecule has 2 aliphatic heterocycles. The van der Waals surface area contributed by atoms with Crippen molar-refractivity contribution in [3.05, 3.63) is 42.6 Å². The maximum absolute atomic E-state index is 15.4. The number of nitrogens with one attached hydrogen (secondary N) is 1. The number of rotatable bonds is 9. The first-order valence-electron chi connectivity index (χ1n) is 10.2. The first kappa shape index (κ1) is 25.2. The van der Waals surface area contributed by atoms with Crippen LogP contribution in [0.25, 0.3) is 0 Å². The molecule has 1 unspecified atom stereocenters. The molecule has 1 saturated heterocycles. The molecule has 3 rings (SSSR count). The van der Waals surface area contributed by atoms with Gasteiger partial charge in [-0.1, -0.05) is 18.2 Å². The summed E-state index contributed by atoms with van der Waals surface area (Å²) in [6, 6.07) is 7.18. The largest absolute Gasteiger partial charge is 0.459 e. The van der Waals surface area contributed by atoms with Crippen LogP contribution < -0.4 is 9.61 Å². The molecule has 12 heteroatoms. The van der Waals surface area contributed by atoms with Gasteiger partial charge in [0.1, 0.15) is 23.7 Å². The Labute approximate surface area is 190 Å². The molecule has 0 aliphatic carbocycles. The summed E-state index contributed by atoms with van der Waals surface area (Å²) in [4.78, 5) is 36.2. The molecular weight excluding hydrogens is 458 g/mol. The number of hydrogen-bond acceptors (Lipinski definition) is 8. The minimum atomic E-state index is -4.17. The van der Waals surface area contributed by atoms with Gasteiger partial charge in [-0.15, -0.1) is 0 Å². The maximum Gasteiger partial charge on any atom is 0.459 e. The number of halogens is 1. The van der Waals surface area contributed by atoms with Crippen LogP contribution in [-0.4, -0.2) is 64.2 Å². The van der Waals surface area contributed by atoms with Crippen LogP contribution in [0.3, 0.4) is 0 Å². The fraction of sp³-hybridized carbons (Fsp3) is 0.476. The second-order valence-corrected chi connectivity index (χ2v) is 9.74. The van der Waals surface area contributed by atoms with E-state index in [1.54, 1.807) is 18.2 Å². The van der Waals surface area contributed by atoms with Gasteiger partial charge >= 0.3 is 7.75 Å². The van der Waals surface area contributed by atoms with Crippen LogP contribution in [0.4, 0.5) is 4.39 Å². The van der Waals surface area contributed by atoms with Crippen LogP contribution in [0.2, 0.25) is 0 Å². The summed E-state index contributed by atoms with van der Waals surface area (Å²) in [6.45, 7) is 3.23. The minimum absolute atomic E-state index is 0.193. The van der Waals surface area contributed by atoms with Crippen molar-refractivity contribution in [1.29, 1.82) is 0 Å². The second kappa shape index (κ2) is 9.82. The number of alkyl halides is 1. The highest BCUT2D eigenvalue weighted by Crippen LogP contribution is 2.46. The zero-order chi connectivity index (χ0) is 24.4. The van der Waals surface area contributed by atoms with E-state index in [4.69, 9.17) is 13.8 Å². The summed E-state index contributed by atoms with van der Waals surface area (Å²) in [5.74, 6) is -1.24. The van der Waals surface area contributed by atoms with Crippen molar-refractivity contribution in [2.24, 2.45) is 0 Å². The van der Waals surface area contributed by atoms with Gasteiger partial charge in [-0.25, -0.2) is 14.0 Å². The number of aliphatic hydroxyl groups is 1. The highest BCUT2D eigenvalue weighted by Gasteiger charge is 2.57. The van der Waals surface area contributed by atoms with Crippen molar-refractivity contribution in [3.63, 3.8) is 0 Å². The molecule has 6 atom stereocenters. The second-order valence-electron chi connectivity index (χ2n) is 8.04. The first-order chi connectivity index (χ1) is 15.4. The smallest absolute Gasteiger partial charge is 0.413 e. The van der Waals surface area contributed by atoms with Crippen LogP contribution in [0.1, 0.15) is 27.2 Å². The average molecular weight is 484 g/mol. The quantitative estimate of drug-likeness (QED) is 0.398. The number of ether oxygens (including phenoxy) is 1. The summed E-state index contributed by atoms with van der Waals surface area (Å²) in [5, 5.41) is 13.0. The molecule has 0 radical (unpaired) electrons. The van der Waals surface area contributed by atoms with Gasteiger partial charge in [0.25, 0.3) is 0 Å². The fourth-order valence-electron chi connectivity index (χ4n) is 3.32. The van der Waals surface area contributed by atoms with Crippen LogP contribution in [-0.2, 0) is 28.2 Å². The first-order valence-corrected chi connectivity index (χ1v) is 11.8. The zero-order valence-corrected chi connectivity index (χ0v) is 19.2. The van der Waals surface area contributed by atoms with E-state index in [0.717, 1.165) is 24.1 Å². The summed E-state index contributed by atoms with van der Waals surface area (Å²) in [6.07, 6.45) is -2.84. The van der Waals surface area contributed by atoms with E-state index in [1.165, 1.54) is 26.0 Å².